The van der Waals surface area contributed by atoms with Gasteiger partial charge in [0.2, 0.25) is 0 Å². The average Bonchev–Trinajstić information content (AvgIpc) is 2.69. The van der Waals surface area contributed by atoms with E-state index < -0.39 is 0 Å². The molecule has 0 aliphatic heterocycles. The van der Waals surface area contributed by atoms with E-state index >= 15 is 0 Å². The third-order valence-corrected chi connectivity index (χ3v) is 4.01. The highest BCUT2D eigenvalue weighted by atomic mass is 14.9. The van der Waals surface area contributed by atoms with Gasteiger partial charge >= 0.3 is 0 Å². The van der Waals surface area contributed by atoms with Crippen molar-refractivity contribution in [2.75, 3.05) is 0 Å². The van der Waals surface area contributed by atoms with Gasteiger partial charge in [-0.1, -0.05) is 90.4 Å². The Morgan fingerprint density at radius 3 is 1.56 bits per heavy atom. The number of aromatic nitrogens is 2. The number of hydrogen-bond donors (Lipinski definition) is 0. The third kappa shape index (κ3) is 3.36. The molecule has 0 bridgehead atoms. The first-order valence-electron chi connectivity index (χ1n) is 8.15. The summed E-state index contributed by atoms with van der Waals surface area (Å²) < 4.78 is 0. The molecule has 4 aromatic rings. The van der Waals surface area contributed by atoms with Crippen LogP contribution in [0.1, 0.15) is 0 Å². The molecule has 0 N–H and O–H groups in total. The van der Waals surface area contributed by atoms with Gasteiger partial charge in [0.15, 0.2) is 5.82 Å². The molecule has 0 unspecified atom stereocenters. The van der Waals surface area contributed by atoms with Gasteiger partial charge in [-0.2, -0.15) is 0 Å². The van der Waals surface area contributed by atoms with Gasteiger partial charge in [-0.05, 0) is 6.07 Å². The number of rotatable bonds is 3. The second-order valence-corrected chi connectivity index (χ2v) is 5.82. The van der Waals surface area contributed by atoms with Gasteiger partial charge in [-0.15, -0.1) is 0 Å². The molecule has 25 heavy (non-hydrogen) atoms. The second kappa shape index (κ2) is 6.74. The van der Waals surface area contributed by atoms with Crippen molar-refractivity contribution in [1.29, 1.82) is 0 Å². The van der Waals surface area contributed by atoms with E-state index in [0.29, 0.717) is 11.3 Å². The molecule has 1 aromatic heterocycles. The van der Waals surface area contributed by atoms with Crippen molar-refractivity contribution in [1.82, 2.24) is 9.97 Å². The number of benzene rings is 3. The van der Waals surface area contributed by atoms with Crippen LogP contribution in [0.5, 0.6) is 0 Å². The molecule has 2 radical (unpaired) electrons. The standard InChI is InChI=1S/C22H15BN2/c23-19-13-7-12-18(14-19)22-24-20(16-8-3-1-4-9-16)15-21(25-22)17-10-5-2-6-11-17/h1-15H. The summed E-state index contributed by atoms with van der Waals surface area (Å²) in [5.74, 6) is 0.674. The first-order valence-corrected chi connectivity index (χ1v) is 8.15. The molecule has 0 atom stereocenters. The highest BCUT2D eigenvalue weighted by Gasteiger charge is 2.10. The molecule has 3 aromatic carbocycles. The normalized spacial score (nSPS) is 10.6. The summed E-state index contributed by atoms with van der Waals surface area (Å²) in [6, 6.07) is 30.0. The first kappa shape index (κ1) is 15.3. The predicted molar refractivity (Wildman–Crippen MR) is 104 cm³/mol. The van der Waals surface area contributed by atoms with Crippen molar-refractivity contribution < 1.29 is 0 Å². The molecule has 4 rings (SSSR count). The Bertz CT molecular complexity index is 941. The van der Waals surface area contributed by atoms with E-state index in [1.54, 1.807) is 0 Å². The van der Waals surface area contributed by atoms with Crippen LogP contribution in [0.25, 0.3) is 33.9 Å². The minimum Gasteiger partial charge on any atom is -0.228 e. The minimum atomic E-state index is 0.674. The van der Waals surface area contributed by atoms with Crippen LogP contribution in [0.15, 0.2) is 91.0 Å². The Kier molecular flexibility index (Phi) is 4.13. The fraction of sp³-hybridized carbons (Fsp3) is 0. The lowest BCUT2D eigenvalue weighted by molar-refractivity contribution is 1.18. The fourth-order valence-corrected chi connectivity index (χ4v) is 2.77. The summed E-state index contributed by atoms with van der Waals surface area (Å²) in [6.45, 7) is 0. The second-order valence-electron chi connectivity index (χ2n) is 5.82. The van der Waals surface area contributed by atoms with E-state index in [4.69, 9.17) is 17.8 Å². The Morgan fingerprint density at radius 2 is 1.04 bits per heavy atom. The van der Waals surface area contributed by atoms with Crippen molar-refractivity contribution >= 4 is 13.3 Å². The van der Waals surface area contributed by atoms with Gasteiger partial charge in [0.05, 0.1) is 11.4 Å². The van der Waals surface area contributed by atoms with E-state index in [2.05, 4.69) is 24.3 Å². The zero-order valence-electron chi connectivity index (χ0n) is 13.6. The van der Waals surface area contributed by atoms with Gasteiger partial charge in [0, 0.05) is 16.7 Å². The molecular formula is C22H15BN2. The lowest BCUT2D eigenvalue weighted by Gasteiger charge is -2.09. The summed E-state index contributed by atoms with van der Waals surface area (Å²) in [6.07, 6.45) is 0. The van der Waals surface area contributed by atoms with Gasteiger partial charge < -0.3 is 0 Å². The predicted octanol–water partition coefficient (Wildman–Crippen LogP) is 4.27. The highest BCUT2D eigenvalue weighted by Crippen LogP contribution is 2.26. The Hall–Kier alpha value is -3.20. The SMILES string of the molecule is [B]c1cccc(-c2nc(-c3ccccc3)cc(-c3ccccc3)n2)c1. The molecule has 3 heteroatoms. The summed E-state index contributed by atoms with van der Waals surface area (Å²) in [7, 11) is 5.94. The van der Waals surface area contributed by atoms with Crippen molar-refractivity contribution in [2.24, 2.45) is 0 Å². The molecule has 116 valence electrons. The molecule has 0 fully saturated rings. The fourth-order valence-electron chi connectivity index (χ4n) is 2.77. The van der Waals surface area contributed by atoms with E-state index in [0.717, 1.165) is 28.1 Å². The maximum Gasteiger partial charge on any atom is 0.160 e. The van der Waals surface area contributed by atoms with Crippen LogP contribution in [0.3, 0.4) is 0 Å². The Morgan fingerprint density at radius 1 is 0.520 bits per heavy atom. The van der Waals surface area contributed by atoms with Gasteiger partial charge in [-0.25, -0.2) is 9.97 Å². The summed E-state index contributed by atoms with van der Waals surface area (Å²) in [5, 5.41) is 0. The molecule has 1 heterocycles. The zero-order chi connectivity index (χ0) is 17.1. The van der Waals surface area contributed by atoms with Gasteiger partial charge in [0.1, 0.15) is 7.85 Å². The van der Waals surface area contributed by atoms with Crippen molar-refractivity contribution in [3.8, 4) is 33.9 Å². The van der Waals surface area contributed by atoms with Crippen molar-refractivity contribution in [3.63, 3.8) is 0 Å². The van der Waals surface area contributed by atoms with E-state index in [1.165, 1.54) is 0 Å². The molecule has 0 aliphatic carbocycles. The molecular weight excluding hydrogens is 303 g/mol. The largest absolute Gasteiger partial charge is 0.228 e. The summed E-state index contributed by atoms with van der Waals surface area (Å²) in [4.78, 5) is 9.55. The first-order chi connectivity index (χ1) is 12.3. The summed E-state index contributed by atoms with van der Waals surface area (Å²) in [5.41, 5.74) is 5.53. The topological polar surface area (TPSA) is 25.8 Å². The minimum absolute atomic E-state index is 0.674. The molecule has 2 nitrogen and oxygen atoms in total. The van der Waals surface area contributed by atoms with Crippen LogP contribution < -0.4 is 5.46 Å². The van der Waals surface area contributed by atoms with Crippen LogP contribution in [-0.2, 0) is 0 Å². The third-order valence-electron chi connectivity index (χ3n) is 4.01. The molecule has 0 saturated heterocycles. The quantitative estimate of drug-likeness (QED) is 0.527. The van der Waals surface area contributed by atoms with Crippen LogP contribution in [0.2, 0.25) is 0 Å². The smallest absolute Gasteiger partial charge is 0.160 e. The lowest BCUT2D eigenvalue weighted by atomic mass is 9.94. The average molecular weight is 318 g/mol. The van der Waals surface area contributed by atoms with Crippen molar-refractivity contribution in [3.05, 3.63) is 91.0 Å². The summed E-state index contributed by atoms with van der Waals surface area (Å²) >= 11 is 0. The van der Waals surface area contributed by atoms with Gasteiger partial charge in [0.25, 0.3) is 0 Å². The highest BCUT2D eigenvalue weighted by molar-refractivity contribution is 6.32. The lowest BCUT2D eigenvalue weighted by Crippen LogP contribution is -2.02. The van der Waals surface area contributed by atoms with E-state index in [-0.39, 0.29) is 0 Å². The van der Waals surface area contributed by atoms with Crippen LogP contribution >= 0.6 is 0 Å². The molecule has 0 spiro atoms. The number of hydrogen-bond acceptors (Lipinski definition) is 2. The molecule has 0 amide bonds. The van der Waals surface area contributed by atoms with Crippen molar-refractivity contribution in [2.45, 2.75) is 0 Å². The molecule has 0 aliphatic rings. The van der Waals surface area contributed by atoms with Crippen LogP contribution in [0.4, 0.5) is 0 Å². The Balaban J connectivity index is 1.92. The van der Waals surface area contributed by atoms with E-state index in [1.807, 2.05) is 66.7 Å². The maximum absolute atomic E-state index is 5.94. The Labute approximate surface area is 148 Å². The molecule has 0 saturated carbocycles. The van der Waals surface area contributed by atoms with E-state index in [9.17, 15) is 0 Å². The zero-order valence-corrected chi connectivity index (χ0v) is 13.6. The van der Waals surface area contributed by atoms with Crippen LogP contribution in [-0.4, -0.2) is 17.8 Å². The van der Waals surface area contributed by atoms with Gasteiger partial charge in [-0.3, -0.25) is 0 Å². The number of nitrogens with zero attached hydrogens (tertiary/aromatic N) is 2. The monoisotopic (exact) mass is 318 g/mol. The van der Waals surface area contributed by atoms with Crippen LogP contribution in [0, 0.1) is 0 Å². The maximum atomic E-state index is 5.94.